The van der Waals surface area contributed by atoms with Crippen LogP contribution in [0.3, 0.4) is 0 Å². The molecular weight excluding hydrogens is 303 g/mol. The molecule has 1 aromatic rings. The number of rotatable bonds is 4. The van der Waals surface area contributed by atoms with Crippen LogP contribution in [0.15, 0.2) is 0 Å². The van der Waals surface area contributed by atoms with Gasteiger partial charge in [-0.2, -0.15) is 0 Å². The molecule has 1 atom stereocenters. The zero-order valence-corrected chi connectivity index (χ0v) is 11.9. The lowest BCUT2D eigenvalue weighted by molar-refractivity contribution is 0.151. The normalized spacial score (nSPS) is 21.1. The molecule has 0 unspecified atom stereocenters. The van der Waals surface area contributed by atoms with Crippen molar-refractivity contribution in [1.29, 1.82) is 0 Å². The average Bonchev–Trinajstić information content (AvgIpc) is 3.35. The van der Waals surface area contributed by atoms with Gasteiger partial charge in [-0.15, -0.1) is 0 Å². The number of nitrogens with one attached hydrogen (secondary N) is 1. The van der Waals surface area contributed by atoms with Crippen molar-refractivity contribution in [3.8, 4) is 0 Å². The standard InChI is InChI=1S/C15H17F5N2/c16-11-10(12(17)14(19)15(20)13(11)18)9(7-8-1-2-8)22-5-3-21-4-6-22/h8-9,21H,1-7H2/t9-/m1/s1. The molecule has 0 radical (unpaired) electrons. The summed E-state index contributed by atoms with van der Waals surface area (Å²) in [5.74, 6) is -8.89. The van der Waals surface area contributed by atoms with E-state index in [1.807, 2.05) is 4.90 Å². The van der Waals surface area contributed by atoms with Crippen LogP contribution in [0.2, 0.25) is 0 Å². The third kappa shape index (κ3) is 2.84. The lowest BCUT2D eigenvalue weighted by atomic mass is 9.97. The fraction of sp³-hybridized carbons (Fsp3) is 0.600. The Kier molecular flexibility index (Phi) is 4.36. The largest absolute Gasteiger partial charge is 0.314 e. The minimum Gasteiger partial charge on any atom is -0.314 e. The van der Waals surface area contributed by atoms with E-state index in [1.165, 1.54) is 0 Å². The Labute approximate surface area is 125 Å². The first kappa shape index (κ1) is 15.7. The van der Waals surface area contributed by atoms with E-state index in [0.29, 0.717) is 38.5 Å². The smallest absolute Gasteiger partial charge is 0.200 e. The molecule has 2 nitrogen and oxygen atoms in total. The van der Waals surface area contributed by atoms with E-state index in [9.17, 15) is 22.0 Å². The van der Waals surface area contributed by atoms with Gasteiger partial charge in [0.1, 0.15) is 0 Å². The molecule has 1 aliphatic heterocycles. The topological polar surface area (TPSA) is 15.3 Å². The molecule has 0 bridgehead atoms. The van der Waals surface area contributed by atoms with Gasteiger partial charge in [0.05, 0.1) is 0 Å². The fourth-order valence-electron chi connectivity index (χ4n) is 3.03. The third-order valence-electron chi connectivity index (χ3n) is 4.42. The second-order valence-electron chi connectivity index (χ2n) is 5.96. The van der Waals surface area contributed by atoms with Gasteiger partial charge in [0.15, 0.2) is 23.3 Å². The average molecular weight is 320 g/mol. The molecule has 0 amide bonds. The molecule has 2 fully saturated rings. The van der Waals surface area contributed by atoms with Gasteiger partial charge in [-0.1, -0.05) is 12.8 Å². The molecule has 1 aliphatic carbocycles. The van der Waals surface area contributed by atoms with Gasteiger partial charge in [-0.05, 0) is 12.3 Å². The second-order valence-corrected chi connectivity index (χ2v) is 5.96. The number of benzene rings is 1. The van der Waals surface area contributed by atoms with Gasteiger partial charge >= 0.3 is 0 Å². The summed E-state index contributed by atoms with van der Waals surface area (Å²) >= 11 is 0. The highest BCUT2D eigenvalue weighted by atomic mass is 19.2. The molecule has 1 saturated heterocycles. The summed E-state index contributed by atoms with van der Waals surface area (Å²) in [5.41, 5.74) is -0.676. The van der Waals surface area contributed by atoms with E-state index >= 15 is 0 Å². The molecule has 0 spiro atoms. The highest BCUT2D eigenvalue weighted by Gasteiger charge is 2.37. The Morgan fingerprint density at radius 3 is 1.86 bits per heavy atom. The highest BCUT2D eigenvalue weighted by molar-refractivity contribution is 5.27. The molecule has 0 aromatic heterocycles. The van der Waals surface area contributed by atoms with Crippen molar-refractivity contribution in [3.05, 3.63) is 34.6 Å². The maximum absolute atomic E-state index is 14.1. The van der Waals surface area contributed by atoms with Crippen molar-refractivity contribution in [1.82, 2.24) is 10.2 Å². The summed E-state index contributed by atoms with van der Waals surface area (Å²) in [5, 5.41) is 3.11. The Morgan fingerprint density at radius 1 is 0.864 bits per heavy atom. The molecule has 22 heavy (non-hydrogen) atoms. The van der Waals surface area contributed by atoms with Crippen LogP contribution < -0.4 is 5.32 Å². The molecular formula is C15H17F5N2. The van der Waals surface area contributed by atoms with Crippen molar-refractivity contribution < 1.29 is 22.0 Å². The van der Waals surface area contributed by atoms with E-state index in [2.05, 4.69) is 5.32 Å². The van der Waals surface area contributed by atoms with E-state index in [1.54, 1.807) is 0 Å². The molecule has 3 rings (SSSR count). The Bertz CT molecular complexity index is 539. The quantitative estimate of drug-likeness (QED) is 0.521. The number of hydrogen-bond acceptors (Lipinski definition) is 2. The predicted octanol–water partition coefficient (Wildman–Crippen LogP) is 3.13. The van der Waals surface area contributed by atoms with Gasteiger partial charge in [-0.25, -0.2) is 22.0 Å². The lowest BCUT2D eigenvalue weighted by Crippen LogP contribution is -2.45. The maximum Gasteiger partial charge on any atom is 0.200 e. The van der Waals surface area contributed by atoms with Crippen molar-refractivity contribution in [2.45, 2.75) is 25.3 Å². The molecule has 1 aromatic carbocycles. The van der Waals surface area contributed by atoms with Crippen LogP contribution in [0, 0.1) is 35.0 Å². The van der Waals surface area contributed by atoms with E-state index in [-0.39, 0.29) is 0 Å². The van der Waals surface area contributed by atoms with Crippen LogP contribution in [0.5, 0.6) is 0 Å². The summed E-state index contributed by atoms with van der Waals surface area (Å²) in [6.07, 6.45) is 2.31. The van der Waals surface area contributed by atoms with Crippen LogP contribution in [0.4, 0.5) is 22.0 Å². The van der Waals surface area contributed by atoms with Gasteiger partial charge in [0.2, 0.25) is 5.82 Å². The number of hydrogen-bond donors (Lipinski definition) is 1. The minimum atomic E-state index is -2.09. The van der Waals surface area contributed by atoms with Crippen LogP contribution in [0.25, 0.3) is 0 Å². The highest BCUT2D eigenvalue weighted by Crippen LogP contribution is 2.42. The summed E-state index contributed by atoms with van der Waals surface area (Å²) in [6, 6.07) is -0.765. The van der Waals surface area contributed by atoms with E-state index < -0.39 is 40.7 Å². The van der Waals surface area contributed by atoms with Crippen LogP contribution in [0.1, 0.15) is 30.9 Å². The summed E-state index contributed by atoms with van der Waals surface area (Å²) in [6.45, 7) is 2.32. The van der Waals surface area contributed by atoms with E-state index in [4.69, 9.17) is 0 Å². The second kappa shape index (κ2) is 6.12. The first-order chi connectivity index (χ1) is 10.5. The first-order valence-electron chi connectivity index (χ1n) is 7.46. The molecule has 1 saturated carbocycles. The molecule has 122 valence electrons. The summed E-state index contributed by atoms with van der Waals surface area (Å²) in [4.78, 5) is 1.81. The van der Waals surface area contributed by atoms with Crippen LogP contribution >= 0.6 is 0 Å². The van der Waals surface area contributed by atoms with Gasteiger partial charge < -0.3 is 5.32 Å². The Balaban J connectivity index is 2.02. The van der Waals surface area contributed by atoms with Gasteiger partial charge in [0.25, 0.3) is 0 Å². The van der Waals surface area contributed by atoms with Gasteiger partial charge in [0, 0.05) is 37.8 Å². The SMILES string of the molecule is Fc1c(F)c(F)c([C@@H](CC2CC2)N2CCNCC2)c(F)c1F. The van der Waals surface area contributed by atoms with E-state index in [0.717, 1.165) is 12.8 Å². The van der Waals surface area contributed by atoms with Crippen molar-refractivity contribution >= 4 is 0 Å². The van der Waals surface area contributed by atoms with Crippen molar-refractivity contribution in [3.63, 3.8) is 0 Å². The first-order valence-corrected chi connectivity index (χ1v) is 7.46. The predicted molar refractivity (Wildman–Crippen MR) is 70.8 cm³/mol. The lowest BCUT2D eigenvalue weighted by Gasteiger charge is -2.35. The number of nitrogens with zero attached hydrogens (tertiary/aromatic N) is 1. The monoisotopic (exact) mass is 320 g/mol. The molecule has 2 aliphatic rings. The minimum absolute atomic E-state index is 0.301. The summed E-state index contributed by atoms with van der Waals surface area (Å²) in [7, 11) is 0. The van der Waals surface area contributed by atoms with Gasteiger partial charge in [-0.3, -0.25) is 4.90 Å². The number of piperazine rings is 1. The molecule has 7 heteroatoms. The third-order valence-corrected chi connectivity index (χ3v) is 4.42. The van der Waals surface area contributed by atoms with Crippen LogP contribution in [-0.2, 0) is 0 Å². The zero-order valence-electron chi connectivity index (χ0n) is 11.9. The zero-order chi connectivity index (χ0) is 15.9. The van der Waals surface area contributed by atoms with Crippen LogP contribution in [-0.4, -0.2) is 31.1 Å². The molecule has 1 heterocycles. The Morgan fingerprint density at radius 2 is 1.36 bits per heavy atom. The van der Waals surface area contributed by atoms with Crippen molar-refractivity contribution in [2.24, 2.45) is 5.92 Å². The van der Waals surface area contributed by atoms with Crippen molar-refractivity contribution in [2.75, 3.05) is 26.2 Å². The summed E-state index contributed by atoms with van der Waals surface area (Å²) < 4.78 is 68.4. The Hall–Kier alpha value is -1.21. The molecule has 1 N–H and O–H groups in total. The number of halogens is 5. The maximum atomic E-state index is 14.1. The fourth-order valence-corrected chi connectivity index (χ4v) is 3.03.